The van der Waals surface area contributed by atoms with E-state index < -0.39 is 6.03 Å². The van der Waals surface area contributed by atoms with Crippen molar-refractivity contribution in [3.63, 3.8) is 0 Å². The molecule has 4 rings (SSSR count). The molecule has 3 N–H and O–H groups in total. The number of aromatic nitrogens is 2. The topological polar surface area (TPSA) is 109 Å². The second-order valence-corrected chi connectivity index (χ2v) is 8.66. The highest BCUT2D eigenvalue weighted by Crippen LogP contribution is 2.29. The molecule has 0 aliphatic heterocycles. The molecule has 0 aliphatic rings. The van der Waals surface area contributed by atoms with Crippen LogP contribution in [0.4, 0.5) is 16.2 Å². The second-order valence-electron chi connectivity index (χ2n) is 8.66. The number of carbonyl (C=O) groups excluding carboxylic acids is 1. The molecule has 2 aromatic heterocycles. The number of aryl methyl sites for hydroxylation is 1. The Bertz CT molecular complexity index is 1570. The molecular weight excluding hydrogens is 458 g/mol. The van der Waals surface area contributed by atoms with Gasteiger partial charge in [0.25, 0.3) is 11.1 Å². The van der Waals surface area contributed by atoms with Crippen LogP contribution in [0.15, 0.2) is 70.5 Å². The van der Waals surface area contributed by atoms with Crippen LogP contribution in [0.1, 0.15) is 12.5 Å². The Morgan fingerprint density at radius 1 is 1.06 bits per heavy atom. The van der Waals surface area contributed by atoms with Crippen LogP contribution in [0.5, 0.6) is 0 Å². The molecule has 36 heavy (non-hydrogen) atoms. The lowest BCUT2D eigenvalue weighted by atomic mass is 9.99. The largest absolute Gasteiger partial charge is 0.392 e. The van der Waals surface area contributed by atoms with Gasteiger partial charge in [0.1, 0.15) is 5.69 Å². The Morgan fingerprint density at radius 2 is 1.83 bits per heavy atom. The fourth-order valence-electron chi connectivity index (χ4n) is 4.22. The molecule has 0 bridgehead atoms. The van der Waals surface area contributed by atoms with Crippen LogP contribution < -0.4 is 26.7 Å². The van der Waals surface area contributed by atoms with E-state index in [1.54, 1.807) is 56.7 Å². The highest BCUT2D eigenvalue weighted by molar-refractivity contribution is 5.90. The summed E-state index contributed by atoms with van der Waals surface area (Å²) < 4.78 is 2.89. The standard InChI is InChI=1S/C27H29N5O4/c1-5-28-27(36)29-23-14-18(15-31(4)26(23)35)20-7-6-8-24(22(20)16-33)32-12-11-17-13-19(30(2)3)9-10-21(17)25(32)34/h6-15,33H,5,16H2,1-4H3,(H2,28,29,36). The Balaban J connectivity index is 1.86. The summed E-state index contributed by atoms with van der Waals surface area (Å²) in [6, 6.07) is 14.0. The predicted octanol–water partition coefficient (Wildman–Crippen LogP) is 3.06. The minimum Gasteiger partial charge on any atom is -0.392 e. The molecule has 4 aromatic rings. The minimum absolute atomic E-state index is 0.106. The molecular formula is C27H29N5O4. The highest BCUT2D eigenvalue weighted by Gasteiger charge is 2.16. The van der Waals surface area contributed by atoms with Crippen LogP contribution in [0.2, 0.25) is 0 Å². The minimum atomic E-state index is -0.483. The molecule has 0 spiro atoms. The third-order valence-corrected chi connectivity index (χ3v) is 6.05. The summed E-state index contributed by atoms with van der Waals surface area (Å²) in [6.45, 7) is 1.86. The number of nitrogens with one attached hydrogen (secondary N) is 2. The van der Waals surface area contributed by atoms with Gasteiger partial charge in [-0.2, -0.15) is 0 Å². The summed E-state index contributed by atoms with van der Waals surface area (Å²) in [5, 5.41) is 16.9. The van der Waals surface area contributed by atoms with Crippen molar-refractivity contribution in [2.75, 3.05) is 30.9 Å². The number of pyridine rings is 2. The number of aliphatic hydroxyl groups is 1. The van der Waals surface area contributed by atoms with Gasteiger partial charge in [-0.25, -0.2) is 4.79 Å². The molecule has 0 fully saturated rings. The van der Waals surface area contributed by atoms with E-state index in [1.807, 2.05) is 37.2 Å². The summed E-state index contributed by atoms with van der Waals surface area (Å²) in [5.74, 6) is 0. The molecule has 0 saturated heterocycles. The summed E-state index contributed by atoms with van der Waals surface area (Å²) >= 11 is 0. The SMILES string of the molecule is CCNC(=O)Nc1cc(-c2cccc(-n3ccc4cc(N(C)C)ccc4c3=O)c2CO)cn(C)c1=O. The van der Waals surface area contributed by atoms with Crippen molar-refractivity contribution < 1.29 is 9.90 Å². The predicted molar refractivity (Wildman–Crippen MR) is 143 cm³/mol. The number of anilines is 2. The number of nitrogens with zero attached hydrogens (tertiary/aromatic N) is 3. The van der Waals surface area contributed by atoms with E-state index >= 15 is 0 Å². The van der Waals surface area contributed by atoms with Gasteiger partial charge in [0.05, 0.1) is 12.3 Å². The fraction of sp³-hybridized carbons (Fsp3) is 0.222. The maximum absolute atomic E-state index is 13.4. The molecule has 2 aromatic carbocycles. The van der Waals surface area contributed by atoms with Crippen molar-refractivity contribution in [3.05, 3.63) is 87.2 Å². The number of benzene rings is 2. The Hall–Kier alpha value is -4.37. The van der Waals surface area contributed by atoms with Crippen molar-refractivity contribution in [1.82, 2.24) is 14.5 Å². The third kappa shape index (κ3) is 4.60. The van der Waals surface area contributed by atoms with E-state index in [2.05, 4.69) is 10.6 Å². The van der Waals surface area contributed by atoms with Crippen molar-refractivity contribution in [2.45, 2.75) is 13.5 Å². The van der Waals surface area contributed by atoms with Gasteiger partial charge in [0.15, 0.2) is 0 Å². The molecule has 9 heteroatoms. The van der Waals surface area contributed by atoms with Gasteiger partial charge in [-0.1, -0.05) is 12.1 Å². The number of carbonyl (C=O) groups is 1. The number of rotatable bonds is 6. The van der Waals surface area contributed by atoms with Crippen molar-refractivity contribution in [2.24, 2.45) is 7.05 Å². The Kier molecular flexibility index (Phi) is 6.93. The van der Waals surface area contributed by atoms with E-state index in [4.69, 9.17) is 0 Å². The maximum Gasteiger partial charge on any atom is 0.319 e. The highest BCUT2D eigenvalue weighted by atomic mass is 16.3. The van der Waals surface area contributed by atoms with Gasteiger partial charge in [0, 0.05) is 62.3 Å². The number of amides is 2. The van der Waals surface area contributed by atoms with Crippen molar-refractivity contribution in [3.8, 4) is 16.8 Å². The van der Waals surface area contributed by atoms with Gasteiger partial charge >= 0.3 is 6.03 Å². The Labute approximate surface area is 208 Å². The van der Waals surface area contributed by atoms with Crippen molar-refractivity contribution in [1.29, 1.82) is 0 Å². The van der Waals surface area contributed by atoms with E-state index in [1.165, 1.54) is 9.13 Å². The van der Waals surface area contributed by atoms with Crippen LogP contribution in [-0.4, -0.2) is 40.9 Å². The quantitative estimate of drug-likeness (QED) is 0.387. The number of urea groups is 1. The molecule has 2 heterocycles. The first-order valence-corrected chi connectivity index (χ1v) is 11.6. The zero-order valence-corrected chi connectivity index (χ0v) is 20.7. The molecule has 0 atom stereocenters. The first-order valence-electron chi connectivity index (χ1n) is 11.6. The number of hydrogen-bond donors (Lipinski definition) is 3. The molecule has 2 amide bonds. The summed E-state index contributed by atoms with van der Waals surface area (Å²) in [4.78, 5) is 40.0. The number of hydrogen-bond acceptors (Lipinski definition) is 5. The average molecular weight is 488 g/mol. The number of fused-ring (bicyclic) bond motifs is 1. The molecule has 0 saturated carbocycles. The molecule has 0 aliphatic carbocycles. The lowest BCUT2D eigenvalue weighted by molar-refractivity contribution is 0.252. The van der Waals surface area contributed by atoms with Crippen LogP contribution in [0.25, 0.3) is 27.6 Å². The monoisotopic (exact) mass is 487 g/mol. The smallest absolute Gasteiger partial charge is 0.319 e. The molecule has 0 unspecified atom stereocenters. The zero-order chi connectivity index (χ0) is 26.0. The maximum atomic E-state index is 13.4. The van der Waals surface area contributed by atoms with Gasteiger partial charge in [0.2, 0.25) is 0 Å². The van der Waals surface area contributed by atoms with Crippen LogP contribution in [0, 0.1) is 0 Å². The van der Waals surface area contributed by atoms with Crippen molar-refractivity contribution >= 4 is 28.2 Å². The lowest BCUT2D eigenvalue weighted by Gasteiger charge is -2.17. The van der Waals surface area contributed by atoms with Crippen LogP contribution >= 0.6 is 0 Å². The van der Waals surface area contributed by atoms with E-state index in [0.29, 0.717) is 34.3 Å². The Morgan fingerprint density at radius 3 is 2.53 bits per heavy atom. The zero-order valence-electron chi connectivity index (χ0n) is 20.7. The molecule has 0 radical (unpaired) electrons. The number of aliphatic hydroxyl groups excluding tert-OH is 1. The molecule has 9 nitrogen and oxygen atoms in total. The first-order chi connectivity index (χ1) is 17.2. The van der Waals surface area contributed by atoms with Gasteiger partial charge in [-0.3, -0.25) is 14.2 Å². The summed E-state index contributed by atoms with van der Waals surface area (Å²) in [5.41, 5.74) is 2.83. The second kappa shape index (κ2) is 10.1. The van der Waals surface area contributed by atoms with E-state index in [-0.39, 0.29) is 23.4 Å². The van der Waals surface area contributed by atoms with Crippen LogP contribution in [-0.2, 0) is 13.7 Å². The van der Waals surface area contributed by atoms with E-state index in [9.17, 15) is 19.5 Å². The summed E-state index contributed by atoms with van der Waals surface area (Å²) in [7, 11) is 5.48. The van der Waals surface area contributed by atoms with Gasteiger partial charge < -0.3 is 25.2 Å². The molecule has 186 valence electrons. The fourth-order valence-corrected chi connectivity index (χ4v) is 4.22. The van der Waals surface area contributed by atoms with Gasteiger partial charge in [-0.05, 0) is 54.3 Å². The van der Waals surface area contributed by atoms with E-state index in [0.717, 1.165) is 11.1 Å². The normalized spacial score (nSPS) is 10.9. The average Bonchev–Trinajstić information content (AvgIpc) is 2.86. The summed E-state index contributed by atoms with van der Waals surface area (Å²) in [6.07, 6.45) is 3.33. The van der Waals surface area contributed by atoms with Crippen LogP contribution in [0.3, 0.4) is 0 Å². The lowest BCUT2D eigenvalue weighted by Crippen LogP contribution is -2.32. The third-order valence-electron chi connectivity index (χ3n) is 6.05. The first kappa shape index (κ1) is 24.7. The van der Waals surface area contributed by atoms with Gasteiger partial charge in [-0.15, -0.1) is 0 Å².